The van der Waals surface area contributed by atoms with E-state index >= 15 is 0 Å². The molecular formula is C16H15F2NO3S. The van der Waals surface area contributed by atoms with E-state index in [-0.39, 0.29) is 29.1 Å². The van der Waals surface area contributed by atoms with Crippen LogP contribution < -0.4 is 9.04 Å². The molecule has 0 fully saturated rings. The van der Waals surface area contributed by atoms with Gasteiger partial charge in [0.15, 0.2) is 0 Å². The Balaban J connectivity index is 1.99. The van der Waals surface area contributed by atoms with Gasteiger partial charge in [0.2, 0.25) is 0 Å². The first kappa shape index (κ1) is 15.7. The fourth-order valence-electron chi connectivity index (χ4n) is 2.65. The first-order valence-corrected chi connectivity index (χ1v) is 8.61. The summed E-state index contributed by atoms with van der Waals surface area (Å²) in [5.41, 5.74) is 0.289. The van der Waals surface area contributed by atoms with E-state index in [9.17, 15) is 17.2 Å². The monoisotopic (exact) mass is 339 g/mol. The zero-order valence-electron chi connectivity index (χ0n) is 12.4. The molecule has 0 N–H and O–H groups in total. The van der Waals surface area contributed by atoms with E-state index in [2.05, 4.69) is 0 Å². The van der Waals surface area contributed by atoms with Gasteiger partial charge < -0.3 is 4.74 Å². The minimum absolute atomic E-state index is 0.0541. The van der Waals surface area contributed by atoms with Crippen molar-refractivity contribution in [3.8, 4) is 5.75 Å². The van der Waals surface area contributed by atoms with Gasteiger partial charge in [-0.15, -0.1) is 0 Å². The third kappa shape index (κ3) is 2.76. The number of anilines is 1. The van der Waals surface area contributed by atoms with E-state index < -0.39 is 21.7 Å². The summed E-state index contributed by atoms with van der Waals surface area (Å²) in [7, 11) is -3.87. The van der Waals surface area contributed by atoms with Gasteiger partial charge in [0.05, 0.1) is 17.2 Å². The molecule has 1 heterocycles. The van der Waals surface area contributed by atoms with Crippen molar-refractivity contribution < 1.29 is 21.9 Å². The predicted molar refractivity (Wildman–Crippen MR) is 82.2 cm³/mol. The van der Waals surface area contributed by atoms with E-state index in [4.69, 9.17) is 4.74 Å². The van der Waals surface area contributed by atoms with Crippen molar-refractivity contribution in [1.29, 1.82) is 0 Å². The zero-order chi connectivity index (χ0) is 16.6. The van der Waals surface area contributed by atoms with Crippen LogP contribution in [0.4, 0.5) is 14.5 Å². The summed E-state index contributed by atoms with van der Waals surface area (Å²) in [6, 6.07) is 7.78. The number of rotatable bonds is 4. The molecule has 3 rings (SSSR count). The lowest BCUT2D eigenvalue weighted by Crippen LogP contribution is -2.29. The fourth-order valence-corrected chi connectivity index (χ4v) is 4.13. The van der Waals surface area contributed by atoms with Crippen LogP contribution in [0.5, 0.6) is 5.75 Å². The van der Waals surface area contributed by atoms with Crippen LogP contribution >= 0.6 is 0 Å². The Hall–Kier alpha value is -2.15. The van der Waals surface area contributed by atoms with Crippen LogP contribution in [0.1, 0.15) is 12.5 Å². The number of sulfonamides is 1. The van der Waals surface area contributed by atoms with Crippen molar-refractivity contribution in [3.63, 3.8) is 0 Å². The molecule has 0 bridgehead atoms. The van der Waals surface area contributed by atoms with Crippen LogP contribution in [-0.4, -0.2) is 21.6 Å². The molecule has 23 heavy (non-hydrogen) atoms. The minimum Gasteiger partial charge on any atom is -0.494 e. The van der Waals surface area contributed by atoms with Gasteiger partial charge in [0.1, 0.15) is 17.4 Å². The SMILES string of the molecule is CCOc1ccc(S(=O)(=O)N2CCc3c(F)cc(F)cc32)cc1. The number of halogens is 2. The number of hydrogen-bond donors (Lipinski definition) is 0. The quantitative estimate of drug-likeness (QED) is 0.860. The number of hydrogen-bond acceptors (Lipinski definition) is 3. The first-order valence-electron chi connectivity index (χ1n) is 7.17. The molecule has 0 amide bonds. The molecule has 1 aliphatic heterocycles. The Kier molecular flexibility index (Phi) is 3.97. The van der Waals surface area contributed by atoms with E-state index in [0.29, 0.717) is 12.4 Å². The molecule has 0 aliphatic carbocycles. The van der Waals surface area contributed by atoms with Crippen LogP contribution in [0.2, 0.25) is 0 Å². The summed E-state index contributed by atoms with van der Waals surface area (Å²) in [4.78, 5) is 0.0541. The maximum Gasteiger partial charge on any atom is 0.264 e. The highest BCUT2D eigenvalue weighted by atomic mass is 32.2. The standard InChI is InChI=1S/C16H15F2NO3S/c1-2-22-12-3-5-13(6-4-12)23(20,21)19-8-7-14-15(18)9-11(17)10-16(14)19/h3-6,9-10H,2,7-8H2,1H3. The smallest absolute Gasteiger partial charge is 0.264 e. The van der Waals surface area contributed by atoms with Crippen molar-refractivity contribution in [2.75, 3.05) is 17.5 Å². The van der Waals surface area contributed by atoms with Crippen molar-refractivity contribution in [3.05, 3.63) is 53.6 Å². The lowest BCUT2D eigenvalue weighted by atomic mass is 10.1. The summed E-state index contributed by atoms with van der Waals surface area (Å²) in [6.07, 6.45) is 0.220. The summed E-state index contributed by atoms with van der Waals surface area (Å²) in [6.45, 7) is 2.39. The van der Waals surface area contributed by atoms with Crippen molar-refractivity contribution in [2.24, 2.45) is 0 Å². The number of benzene rings is 2. The lowest BCUT2D eigenvalue weighted by molar-refractivity contribution is 0.340. The number of nitrogens with zero attached hydrogens (tertiary/aromatic N) is 1. The molecule has 7 heteroatoms. The van der Waals surface area contributed by atoms with Crippen LogP contribution in [0.3, 0.4) is 0 Å². The fraction of sp³-hybridized carbons (Fsp3) is 0.250. The van der Waals surface area contributed by atoms with Crippen molar-refractivity contribution in [2.45, 2.75) is 18.2 Å². The van der Waals surface area contributed by atoms with Crippen LogP contribution in [0.15, 0.2) is 41.3 Å². The summed E-state index contributed by atoms with van der Waals surface area (Å²) in [5, 5.41) is 0. The molecule has 0 aromatic heterocycles. The second-order valence-electron chi connectivity index (χ2n) is 5.12. The van der Waals surface area contributed by atoms with Gasteiger partial charge in [-0.25, -0.2) is 17.2 Å². The van der Waals surface area contributed by atoms with Gasteiger partial charge in [0, 0.05) is 18.2 Å². The third-order valence-corrected chi connectivity index (χ3v) is 5.52. The normalized spacial score (nSPS) is 14.0. The highest BCUT2D eigenvalue weighted by Crippen LogP contribution is 2.35. The van der Waals surface area contributed by atoms with Gasteiger partial charge in [-0.2, -0.15) is 0 Å². The molecule has 0 saturated heterocycles. The average Bonchev–Trinajstić information content (AvgIpc) is 2.93. The van der Waals surface area contributed by atoms with Gasteiger partial charge >= 0.3 is 0 Å². The molecule has 0 atom stereocenters. The second kappa shape index (κ2) is 5.81. The van der Waals surface area contributed by atoms with Crippen molar-refractivity contribution >= 4 is 15.7 Å². The molecule has 4 nitrogen and oxygen atoms in total. The largest absolute Gasteiger partial charge is 0.494 e. The summed E-state index contributed by atoms with van der Waals surface area (Å²) < 4.78 is 59.0. The molecule has 0 spiro atoms. The van der Waals surface area contributed by atoms with E-state index in [1.807, 2.05) is 6.92 Å². The van der Waals surface area contributed by atoms with Crippen LogP contribution in [-0.2, 0) is 16.4 Å². The molecule has 0 radical (unpaired) electrons. The average molecular weight is 339 g/mol. The van der Waals surface area contributed by atoms with Gasteiger partial charge in [-0.3, -0.25) is 4.31 Å². The van der Waals surface area contributed by atoms with Gasteiger partial charge in [-0.1, -0.05) is 0 Å². The highest BCUT2D eigenvalue weighted by molar-refractivity contribution is 7.92. The topological polar surface area (TPSA) is 46.6 Å². The minimum atomic E-state index is -3.87. The Bertz CT molecular complexity index is 835. The Morgan fingerprint density at radius 1 is 1.17 bits per heavy atom. The van der Waals surface area contributed by atoms with Crippen LogP contribution in [0, 0.1) is 11.6 Å². The second-order valence-corrected chi connectivity index (χ2v) is 6.98. The Morgan fingerprint density at radius 3 is 2.52 bits per heavy atom. The summed E-state index contributed by atoms with van der Waals surface area (Å²) >= 11 is 0. The Morgan fingerprint density at radius 2 is 1.87 bits per heavy atom. The van der Waals surface area contributed by atoms with Crippen LogP contribution in [0.25, 0.3) is 0 Å². The van der Waals surface area contributed by atoms with Gasteiger partial charge in [-0.05, 0) is 43.7 Å². The molecular weight excluding hydrogens is 324 g/mol. The third-order valence-electron chi connectivity index (χ3n) is 3.69. The molecule has 2 aromatic carbocycles. The number of ether oxygens (including phenoxy) is 1. The predicted octanol–water partition coefficient (Wildman–Crippen LogP) is 3.11. The number of fused-ring (bicyclic) bond motifs is 1. The molecule has 0 saturated carbocycles. The Labute approximate surface area is 133 Å². The van der Waals surface area contributed by atoms with Gasteiger partial charge in [0.25, 0.3) is 10.0 Å². The maximum absolute atomic E-state index is 13.8. The van der Waals surface area contributed by atoms with E-state index in [1.165, 1.54) is 12.1 Å². The molecule has 1 aliphatic rings. The van der Waals surface area contributed by atoms with E-state index in [1.54, 1.807) is 12.1 Å². The van der Waals surface area contributed by atoms with E-state index in [0.717, 1.165) is 16.4 Å². The lowest BCUT2D eigenvalue weighted by Gasteiger charge is -2.20. The highest BCUT2D eigenvalue weighted by Gasteiger charge is 2.33. The molecule has 2 aromatic rings. The summed E-state index contributed by atoms with van der Waals surface area (Å²) in [5.74, 6) is -0.954. The molecule has 0 unspecified atom stereocenters. The zero-order valence-corrected chi connectivity index (χ0v) is 13.2. The first-order chi connectivity index (χ1) is 10.9. The maximum atomic E-state index is 13.8. The molecule has 122 valence electrons. The van der Waals surface area contributed by atoms with Crippen molar-refractivity contribution in [1.82, 2.24) is 0 Å².